The fourth-order valence-electron chi connectivity index (χ4n) is 2.61. The summed E-state index contributed by atoms with van der Waals surface area (Å²) >= 11 is 0. The molecule has 1 aromatic rings. The summed E-state index contributed by atoms with van der Waals surface area (Å²) in [7, 11) is 0. The Morgan fingerprint density at radius 3 is 2.85 bits per heavy atom. The van der Waals surface area contributed by atoms with Crippen molar-refractivity contribution in [1.29, 1.82) is 0 Å². The van der Waals surface area contributed by atoms with E-state index in [4.69, 9.17) is 4.74 Å². The standard InChI is InChI=1S/C16H23NO3/c1-2-12-7-3-6-10-15(12)20-11-16(19)17-13-8-4-5-9-14(13)18/h3,6-7,10,13-14,18H,2,4-5,8-9,11H2,1H3,(H,17,19). The van der Waals surface area contributed by atoms with Gasteiger partial charge < -0.3 is 15.2 Å². The van der Waals surface area contributed by atoms with Crippen molar-refractivity contribution in [2.45, 2.75) is 51.2 Å². The zero-order chi connectivity index (χ0) is 14.4. The molecule has 0 radical (unpaired) electrons. The molecular weight excluding hydrogens is 254 g/mol. The minimum atomic E-state index is -0.421. The molecule has 110 valence electrons. The molecule has 20 heavy (non-hydrogen) atoms. The van der Waals surface area contributed by atoms with Gasteiger partial charge in [-0.25, -0.2) is 0 Å². The number of hydrogen-bond acceptors (Lipinski definition) is 3. The van der Waals surface area contributed by atoms with E-state index in [1.54, 1.807) is 0 Å². The van der Waals surface area contributed by atoms with Gasteiger partial charge in [-0.1, -0.05) is 38.0 Å². The lowest BCUT2D eigenvalue weighted by molar-refractivity contribution is -0.125. The Balaban J connectivity index is 1.82. The first kappa shape index (κ1) is 14.9. The molecule has 4 heteroatoms. The van der Waals surface area contributed by atoms with Crippen molar-refractivity contribution < 1.29 is 14.6 Å². The van der Waals surface area contributed by atoms with Crippen LogP contribution in [0.4, 0.5) is 0 Å². The molecule has 2 unspecified atom stereocenters. The summed E-state index contributed by atoms with van der Waals surface area (Å²) in [6.07, 6.45) is 4.16. The second-order valence-corrected chi connectivity index (χ2v) is 5.28. The second kappa shape index (κ2) is 7.29. The molecule has 1 aromatic carbocycles. The van der Waals surface area contributed by atoms with E-state index in [9.17, 15) is 9.90 Å². The van der Waals surface area contributed by atoms with Gasteiger partial charge in [0.1, 0.15) is 5.75 Å². The van der Waals surface area contributed by atoms with Crippen LogP contribution in [-0.2, 0) is 11.2 Å². The van der Waals surface area contributed by atoms with Crippen LogP contribution >= 0.6 is 0 Å². The molecule has 1 amide bonds. The van der Waals surface area contributed by atoms with Crippen molar-refractivity contribution in [3.05, 3.63) is 29.8 Å². The molecule has 0 aliphatic heterocycles. The van der Waals surface area contributed by atoms with E-state index in [1.165, 1.54) is 0 Å². The van der Waals surface area contributed by atoms with Crippen LogP contribution in [-0.4, -0.2) is 29.8 Å². The van der Waals surface area contributed by atoms with Crippen LogP contribution in [0.5, 0.6) is 5.75 Å². The van der Waals surface area contributed by atoms with Crippen LogP contribution in [0.25, 0.3) is 0 Å². The minimum Gasteiger partial charge on any atom is -0.483 e. The molecule has 0 aromatic heterocycles. The second-order valence-electron chi connectivity index (χ2n) is 5.28. The summed E-state index contributed by atoms with van der Waals surface area (Å²) in [6.45, 7) is 2.06. The van der Waals surface area contributed by atoms with Crippen LogP contribution < -0.4 is 10.1 Å². The van der Waals surface area contributed by atoms with E-state index in [-0.39, 0.29) is 18.6 Å². The van der Waals surface area contributed by atoms with Gasteiger partial charge in [0.25, 0.3) is 5.91 Å². The molecule has 2 N–H and O–H groups in total. The Kier molecular flexibility index (Phi) is 5.41. The van der Waals surface area contributed by atoms with Gasteiger partial charge in [-0.3, -0.25) is 4.79 Å². The summed E-state index contributed by atoms with van der Waals surface area (Å²) in [6, 6.07) is 7.61. The largest absolute Gasteiger partial charge is 0.483 e. The molecule has 1 aliphatic rings. The number of aliphatic hydroxyl groups excluding tert-OH is 1. The maximum Gasteiger partial charge on any atom is 0.258 e. The van der Waals surface area contributed by atoms with Crippen molar-refractivity contribution >= 4 is 5.91 Å². The fourth-order valence-corrected chi connectivity index (χ4v) is 2.61. The van der Waals surface area contributed by atoms with E-state index in [1.807, 2.05) is 24.3 Å². The third-order valence-electron chi connectivity index (χ3n) is 3.79. The Labute approximate surface area is 120 Å². The lowest BCUT2D eigenvalue weighted by atomic mass is 9.92. The smallest absolute Gasteiger partial charge is 0.258 e. The molecule has 0 spiro atoms. The monoisotopic (exact) mass is 277 g/mol. The molecule has 0 heterocycles. The van der Waals surface area contributed by atoms with E-state index < -0.39 is 6.10 Å². The molecule has 4 nitrogen and oxygen atoms in total. The van der Waals surface area contributed by atoms with Crippen molar-refractivity contribution in [2.75, 3.05) is 6.61 Å². The lowest BCUT2D eigenvalue weighted by Crippen LogP contribution is -2.46. The molecule has 0 saturated heterocycles. The van der Waals surface area contributed by atoms with E-state index in [0.29, 0.717) is 0 Å². The zero-order valence-corrected chi connectivity index (χ0v) is 12.0. The number of benzene rings is 1. The number of aliphatic hydroxyl groups is 1. The quantitative estimate of drug-likeness (QED) is 0.866. The van der Waals surface area contributed by atoms with Gasteiger partial charge in [0, 0.05) is 0 Å². The van der Waals surface area contributed by atoms with Crippen LogP contribution in [0.2, 0.25) is 0 Å². The number of amides is 1. The van der Waals surface area contributed by atoms with Gasteiger partial charge in [0.2, 0.25) is 0 Å². The minimum absolute atomic E-state index is 0.000231. The van der Waals surface area contributed by atoms with Crippen molar-refractivity contribution in [1.82, 2.24) is 5.32 Å². The Bertz CT molecular complexity index is 447. The number of ether oxygens (including phenoxy) is 1. The summed E-state index contributed by atoms with van der Waals surface area (Å²) in [5, 5.41) is 12.7. The number of para-hydroxylation sites is 1. The predicted molar refractivity (Wildman–Crippen MR) is 77.7 cm³/mol. The number of rotatable bonds is 5. The third kappa shape index (κ3) is 3.97. The normalized spacial score (nSPS) is 22.3. The number of carbonyl (C=O) groups excluding carboxylic acids is 1. The summed E-state index contributed by atoms with van der Waals surface area (Å²) < 4.78 is 5.57. The highest BCUT2D eigenvalue weighted by Gasteiger charge is 2.24. The first-order chi connectivity index (χ1) is 9.70. The molecule has 1 aliphatic carbocycles. The highest BCUT2D eigenvalue weighted by atomic mass is 16.5. The SMILES string of the molecule is CCc1ccccc1OCC(=O)NC1CCCCC1O. The number of aryl methyl sites for hydroxylation is 1. The van der Waals surface area contributed by atoms with Gasteiger partial charge in [-0.2, -0.15) is 0 Å². The topological polar surface area (TPSA) is 58.6 Å². The zero-order valence-electron chi connectivity index (χ0n) is 12.0. The highest BCUT2D eigenvalue weighted by molar-refractivity contribution is 5.78. The highest BCUT2D eigenvalue weighted by Crippen LogP contribution is 2.19. The van der Waals surface area contributed by atoms with E-state index >= 15 is 0 Å². The van der Waals surface area contributed by atoms with Gasteiger partial charge in [-0.05, 0) is 30.9 Å². The van der Waals surface area contributed by atoms with Crippen LogP contribution in [0.15, 0.2) is 24.3 Å². The van der Waals surface area contributed by atoms with Gasteiger partial charge in [0.15, 0.2) is 6.61 Å². The molecular formula is C16H23NO3. The maximum atomic E-state index is 11.9. The van der Waals surface area contributed by atoms with Crippen molar-refractivity contribution in [3.63, 3.8) is 0 Å². The summed E-state index contributed by atoms with van der Waals surface area (Å²) in [4.78, 5) is 11.9. The Morgan fingerprint density at radius 1 is 1.35 bits per heavy atom. The average molecular weight is 277 g/mol. The summed E-state index contributed by atoms with van der Waals surface area (Å²) in [5.74, 6) is 0.594. The Hall–Kier alpha value is -1.55. The number of hydrogen-bond donors (Lipinski definition) is 2. The predicted octanol–water partition coefficient (Wildman–Crippen LogP) is 2.05. The molecule has 2 atom stereocenters. The van der Waals surface area contributed by atoms with Crippen LogP contribution in [0.1, 0.15) is 38.2 Å². The third-order valence-corrected chi connectivity index (χ3v) is 3.79. The molecule has 1 fully saturated rings. The van der Waals surface area contributed by atoms with Crippen LogP contribution in [0, 0.1) is 0 Å². The van der Waals surface area contributed by atoms with Gasteiger partial charge in [-0.15, -0.1) is 0 Å². The molecule has 1 saturated carbocycles. The number of carbonyl (C=O) groups is 1. The average Bonchev–Trinajstić information content (AvgIpc) is 2.48. The summed E-state index contributed by atoms with van der Waals surface area (Å²) in [5.41, 5.74) is 1.10. The van der Waals surface area contributed by atoms with Crippen LogP contribution in [0.3, 0.4) is 0 Å². The van der Waals surface area contributed by atoms with E-state index in [2.05, 4.69) is 12.2 Å². The maximum absolute atomic E-state index is 11.9. The first-order valence-corrected chi connectivity index (χ1v) is 7.39. The van der Waals surface area contributed by atoms with E-state index in [0.717, 1.165) is 43.4 Å². The Morgan fingerprint density at radius 2 is 2.10 bits per heavy atom. The molecule has 2 rings (SSSR count). The van der Waals surface area contributed by atoms with Gasteiger partial charge >= 0.3 is 0 Å². The van der Waals surface area contributed by atoms with Crippen molar-refractivity contribution in [2.24, 2.45) is 0 Å². The lowest BCUT2D eigenvalue weighted by Gasteiger charge is -2.28. The van der Waals surface area contributed by atoms with Crippen molar-refractivity contribution in [3.8, 4) is 5.75 Å². The molecule has 0 bridgehead atoms. The first-order valence-electron chi connectivity index (χ1n) is 7.39. The van der Waals surface area contributed by atoms with Gasteiger partial charge in [0.05, 0.1) is 12.1 Å². The number of nitrogens with one attached hydrogen (secondary N) is 1. The fraction of sp³-hybridized carbons (Fsp3) is 0.562.